The summed E-state index contributed by atoms with van der Waals surface area (Å²) in [4.78, 5) is 28.9. The number of fused-ring (bicyclic) bond motifs is 2. The van der Waals surface area contributed by atoms with Crippen LogP contribution in [0.4, 0.5) is 13.2 Å². The molecule has 4 aliphatic rings. The summed E-state index contributed by atoms with van der Waals surface area (Å²) in [6.07, 6.45) is -2.21. The summed E-state index contributed by atoms with van der Waals surface area (Å²) in [5.74, 6) is 0.665. The molecule has 3 N–H and O–H groups in total. The Hall–Kier alpha value is -2.64. The third kappa shape index (κ3) is 6.64. The van der Waals surface area contributed by atoms with Gasteiger partial charge in [-0.3, -0.25) is 9.59 Å². The maximum Gasteiger partial charge on any atom is 0.416 e. The molecule has 7 nitrogen and oxygen atoms in total. The van der Waals surface area contributed by atoms with Crippen LogP contribution in [-0.2, 0) is 11.0 Å². The summed E-state index contributed by atoms with van der Waals surface area (Å²) in [5, 5.41) is 23.7. The number of para-hydroxylation sites is 1. The van der Waals surface area contributed by atoms with Crippen molar-refractivity contribution in [3.63, 3.8) is 0 Å². The molecule has 3 saturated carbocycles. The minimum atomic E-state index is -4.55. The van der Waals surface area contributed by atoms with Crippen molar-refractivity contribution in [2.75, 3.05) is 19.7 Å². The van der Waals surface area contributed by atoms with Gasteiger partial charge in [0.05, 0.1) is 21.8 Å². The molecule has 0 radical (unpaired) electrons. The normalized spacial score (nSPS) is 27.5. The van der Waals surface area contributed by atoms with Crippen LogP contribution in [-0.4, -0.2) is 64.9 Å². The number of carbonyl (C=O) groups excluding carboxylic acids is 2. The molecule has 0 heterocycles. The molecule has 11 heteroatoms. The van der Waals surface area contributed by atoms with Gasteiger partial charge in [-0.2, -0.15) is 13.2 Å². The molecule has 6 unspecified atom stereocenters. The van der Waals surface area contributed by atoms with E-state index in [1.807, 2.05) is 12.1 Å². The first-order valence-electron chi connectivity index (χ1n) is 15.0. The fourth-order valence-corrected chi connectivity index (χ4v) is 7.75. The van der Waals surface area contributed by atoms with Crippen LogP contribution in [0.3, 0.4) is 0 Å². The Bertz CT molecular complexity index is 1390. The van der Waals surface area contributed by atoms with E-state index < -0.39 is 41.8 Å². The maximum atomic E-state index is 14.2. The number of ether oxygens (including phenoxy) is 1. The molecule has 2 amide bonds. The second kappa shape index (κ2) is 13.0. The third-order valence-corrected chi connectivity index (χ3v) is 10.8. The van der Waals surface area contributed by atoms with E-state index in [2.05, 4.69) is 41.8 Å². The van der Waals surface area contributed by atoms with E-state index in [4.69, 9.17) is 4.74 Å². The van der Waals surface area contributed by atoms with Gasteiger partial charge in [0.2, 0.25) is 5.91 Å². The van der Waals surface area contributed by atoms with Crippen LogP contribution >= 0.6 is 22.6 Å². The number of alkyl halides is 3. The van der Waals surface area contributed by atoms with E-state index in [0.29, 0.717) is 29.7 Å². The number of hydrogen-bond donors (Lipinski definition) is 3. The molecule has 3 fully saturated rings. The second-order valence-corrected chi connectivity index (χ2v) is 13.8. The first-order chi connectivity index (χ1) is 20.8. The summed E-state index contributed by atoms with van der Waals surface area (Å²) >= 11 is 2.11. The SMILES string of the molecule is CC1(C)C2CCC(CN(C(=O)c3ccc(C(F)(F)F)cc3)C3CC(C(=O)NCCO)=CC(Oc4ccccc4I)C3O)C1C2. The predicted molar refractivity (Wildman–Crippen MR) is 167 cm³/mol. The summed E-state index contributed by atoms with van der Waals surface area (Å²) < 4.78 is 46.9. The Morgan fingerprint density at radius 3 is 2.43 bits per heavy atom. The topological polar surface area (TPSA) is 99.1 Å². The number of nitrogens with zero attached hydrogens (tertiary/aromatic N) is 1. The molecule has 6 rings (SSSR count). The van der Waals surface area contributed by atoms with Crippen LogP contribution in [0.25, 0.3) is 0 Å². The van der Waals surface area contributed by atoms with Crippen molar-refractivity contribution in [2.24, 2.45) is 23.2 Å². The van der Waals surface area contributed by atoms with E-state index in [1.54, 1.807) is 23.1 Å². The molecule has 0 spiro atoms. The molecule has 0 saturated heterocycles. The molecular weight excluding hydrogens is 688 g/mol. The lowest BCUT2D eigenvalue weighted by Crippen LogP contribution is -2.59. The minimum Gasteiger partial charge on any atom is -0.482 e. The fraction of sp³-hybridized carbons (Fsp3) is 0.515. The zero-order chi connectivity index (χ0) is 31.8. The summed E-state index contributed by atoms with van der Waals surface area (Å²) in [6, 6.07) is 10.5. The molecule has 6 atom stereocenters. The maximum absolute atomic E-state index is 14.2. The molecule has 0 aliphatic heterocycles. The van der Waals surface area contributed by atoms with Gasteiger partial charge in [-0.15, -0.1) is 0 Å². The zero-order valence-electron chi connectivity index (χ0n) is 24.7. The lowest BCUT2D eigenvalue weighted by atomic mass is 9.45. The molecule has 44 heavy (non-hydrogen) atoms. The van der Waals surface area contributed by atoms with Crippen LogP contribution in [0.2, 0.25) is 0 Å². The predicted octanol–water partition coefficient (Wildman–Crippen LogP) is 5.44. The van der Waals surface area contributed by atoms with Crippen molar-refractivity contribution in [1.82, 2.24) is 10.2 Å². The van der Waals surface area contributed by atoms with Gasteiger partial charge in [-0.05, 0) is 107 Å². The first-order valence-corrected chi connectivity index (χ1v) is 16.1. The van der Waals surface area contributed by atoms with Gasteiger partial charge in [-0.1, -0.05) is 26.0 Å². The van der Waals surface area contributed by atoms with Gasteiger partial charge in [-0.25, -0.2) is 0 Å². The van der Waals surface area contributed by atoms with Crippen LogP contribution in [0, 0.1) is 26.7 Å². The highest BCUT2D eigenvalue weighted by molar-refractivity contribution is 14.1. The van der Waals surface area contributed by atoms with Gasteiger partial charge in [0, 0.05) is 30.6 Å². The number of aliphatic hydroxyl groups is 2. The van der Waals surface area contributed by atoms with Crippen LogP contribution in [0.5, 0.6) is 5.75 Å². The summed E-state index contributed by atoms with van der Waals surface area (Å²) in [6.45, 7) is 4.55. The number of nitrogens with one attached hydrogen (secondary N) is 1. The van der Waals surface area contributed by atoms with Gasteiger partial charge < -0.3 is 25.2 Å². The smallest absolute Gasteiger partial charge is 0.416 e. The van der Waals surface area contributed by atoms with Crippen molar-refractivity contribution in [3.05, 3.63) is 74.9 Å². The van der Waals surface area contributed by atoms with Crippen molar-refractivity contribution in [3.8, 4) is 5.75 Å². The monoisotopic (exact) mass is 726 g/mol. The van der Waals surface area contributed by atoms with E-state index in [1.165, 1.54) is 12.1 Å². The lowest BCUT2D eigenvalue weighted by molar-refractivity contribution is -0.137. The quantitative estimate of drug-likeness (QED) is 0.299. The zero-order valence-corrected chi connectivity index (χ0v) is 26.8. The molecular formula is C33H38F3IN2O5. The number of amides is 2. The number of aliphatic hydroxyl groups excluding tert-OH is 2. The number of benzene rings is 2. The number of carbonyl (C=O) groups is 2. The van der Waals surface area contributed by atoms with Crippen molar-refractivity contribution in [2.45, 2.75) is 64.0 Å². The molecule has 238 valence electrons. The Labute approximate surface area is 269 Å². The number of hydrogen-bond acceptors (Lipinski definition) is 5. The van der Waals surface area contributed by atoms with Crippen LogP contribution in [0.15, 0.2) is 60.2 Å². The van der Waals surface area contributed by atoms with E-state index in [9.17, 15) is 33.0 Å². The third-order valence-electron chi connectivity index (χ3n) is 9.87. The van der Waals surface area contributed by atoms with Crippen molar-refractivity contribution >= 4 is 34.4 Å². The van der Waals surface area contributed by atoms with E-state index >= 15 is 0 Å². The summed E-state index contributed by atoms with van der Waals surface area (Å²) in [5.41, 5.74) is -0.378. The average molecular weight is 727 g/mol. The number of halogens is 4. The Balaban J connectivity index is 1.51. The van der Waals surface area contributed by atoms with E-state index in [-0.39, 0.29) is 36.5 Å². The first kappa shape index (κ1) is 32.7. The second-order valence-electron chi connectivity index (χ2n) is 12.7. The Morgan fingerprint density at radius 1 is 1.11 bits per heavy atom. The van der Waals surface area contributed by atoms with Gasteiger partial charge in [0.1, 0.15) is 18.0 Å². The largest absolute Gasteiger partial charge is 0.482 e. The molecule has 2 aromatic rings. The van der Waals surface area contributed by atoms with Gasteiger partial charge >= 0.3 is 6.18 Å². The molecule has 2 aromatic carbocycles. The van der Waals surface area contributed by atoms with Gasteiger partial charge in [0.15, 0.2) is 0 Å². The van der Waals surface area contributed by atoms with Gasteiger partial charge in [0.25, 0.3) is 5.91 Å². The highest BCUT2D eigenvalue weighted by Gasteiger charge is 2.55. The lowest BCUT2D eigenvalue weighted by Gasteiger charge is -2.61. The number of rotatable bonds is 9. The highest BCUT2D eigenvalue weighted by atomic mass is 127. The van der Waals surface area contributed by atoms with Crippen LogP contribution < -0.4 is 10.1 Å². The Kier molecular flexibility index (Phi) is 9.67. The van der Waals surface area contributed by atoms with Crippen molar-refractivity contribution in [1.29, 1.82) is 0 Å². The van der Waals surface area contributed by atoms with Crippen LogP contribution in [0.1, 0.15) is 55.5 Å². The Morgan fingerprint density at radius 2 is 1.82 bits per heavy atom. The molecule has 2 bridgehead atoms. The van der Waals surface area contributed by atoms with Crippen molar-refractivity contribution < 1.29 is 37.7 Å². The molecule has 0 aromatic heterocycles. The van der Waals surface area contributed by atoms with E-state index in [0.717, 1.165) is 35.0 Å². The average Bonchev–Trinajstić information content (AvgIpc) is 3.00. The fourth-order valence-electron chi connectivity index (χ4n) is 7.24. The standard InChI is InChI=1S/C33H38F3IN2O5/c1-32(2)23-12-9-20(24(32)17-23)18-39(31(43)19-7-10-22(11-8-19)33(34,35)36)26-15-21(30(42)38-13-14-40)16-28(29(26)41)44-27-6-4-3-5-25(27)37/h3-8,10-11,16,20,23-24,26,28-29,40-41H,9,12-15,17-18H2,1-2H3,(H,38,42). The summed E-state index contributed by atoms with van der Waals surface area (Å²) in [7, 11) is 0. The molecule has 4 aliphatic carbocycles. The highest BCUT2D eigenvalue weighted by Crippen LogP contribution is 2.61. The minimum absolute atomic E-state index is 0.0138.